The predicted molar refractivity (Wildman–Crippen MR) is 80.2 cm³/mol. The van der Waals surface area contributed by atoms with Gasteiger partial charge in [0.2, 0.25) is 0 Å². The molecule has 5 nitrogen and oxygen atoms in total. The zero-order valence-corrected chi connectivity index (χ0v) is 11.7. The lowest BCUT2D eigenvalue weighted by atomic mass is 10.1. The maximum absolute atomic E-state index is 11.7. The monoisotopic (exact) mass is 286 g/mol. The molecule has 0 aliphatic carbocycles. The van der Waals surface area contributed by atoms with E-state index in [1.807, 2.05) is 30.5 Å². The largest absolute Gasteiger partial charge is 0.361 e. The molecule has 1 amide bonds. The maximum Gasteiger partial charge on any atom is 0.267 e. The molecule has 1 atom stereocenters. The van der Waals surface area contributed by atoms with Crippen molar-refractivity contribution in [1.29, 1.82) is 0 Å². The first-order chi connectivity index (χ1) is 10.3. The zero-order valence-electron chi connectivity index (χ0n) is 11.7. The van der Waals surface area contributed by atoms with Gasteiger partial charge in [-0.15, -0.1) is 0 Å². The van der Waals surface area contributed by atoms with E-state index in [4.69, 9.17) is 9.57 Å². The van der Waals surface area contributed by atoms with Crippen molar-refractivity contribution in [1.82, 2.24) is 10.5 Å². The second kappa shape index (κ2) is 6.56. The van der Waals surface area contributed by atoms with Crippen molar-refractivity contribution in [2.45, 2.75) is 25.6 Å². The third kappa shape index (κ3) is 3.51. The highest BCUT2D eigenvalue weighted by atomic mass is 16.8. The minimum absolute atomic E-state index is 0.297. The van der Waals surface area contributed by atoms with Crippen LogP contribution >= 0.6 is 0 Å². The lowest BCUT2D eigenvalue weighted by Crippen LogP contribution is -2.32. The van der Waals surface area contributed by atoms with E-state index >= 15 is 0 Å². The minimum atomic E-state index is -0.329. The molecule has 1 saturated heterocycles. The fraction of sp³-hybridized carbons (Fsp3) is 0.312. The fourth-order valence-corrected chi connectivity index (χ4v) is 2.36. The van der Waals surface area contributed by atoms with Crippen LogP contribution in [-0.2, 0) is 14.4 Å². The number of hydrogen-bond acceptors (Lipinski definition) is 3. The van der Waals surface area contributed by atoms with Crippen molar-refractivity contribution in [3.8, 4) is 0 Å². The van der Waals surface area contributed by atoms with Gasteiger partial charge in [-0.05, 0) is 30.5 Å². The number of benzene rings is 1. The Morgan fingerprint density at radius 2 is 2.29 bits per heavy atom. The number of H-pyrrole nitrogens is 1. The highest BCUT2D eigenvalue weighted by Crippen LogP contribution is 2.18. The lowest BCUT2D eigenvalue weighted by molar-refractivity contribution is -0.198. The summed E-state index contributed by atoms with van der Waals surface area (Å²) in [4.78, 5) is 20.1. The number of hydrogen-bond donors (Lipinski definition) is 2. The van der Waals surface area contributed by atoms with Crippen LogP contribution in [0.25, 0.3) is 17.0 Å². The van der Waals surface area contributed by atoms with E-state index in [-0.39, 0.29) is 12.2 Å². The molecule has 0 radical (unpaired) electrons. The number of nitrogens with one attached hydrogen (secondary N) is 2. The second-order valence-corrected chi connectivity index (χ2v) is 5.00. The van der Waals surface area contributed by atoms with Crippen LogP contribution in [0.2, 0.25) is 0 Å². The van der Waals surface area contributed by atoms with E-state index in [0.29, 0.717) is 6.61 Å². The molecule has 0 bridgehead atoms. The van der Waals surface area contributed by atoms with Gasteiger partial charge >= 0.3 is 0 Å². The quantitative estimate of drug-likeness (QED) is 0.671. The first kappa shape index (κ1) is 13.9. The van der Waals surface area contributed by atoms with Gasteiger partial charge in [-0.25, -0.2) is 10.3 Å². The Morgan fingerprint density at radius 1 is 1.38 bits per heavy atom. The Morgan fingerprint density at radius 3 is 3.14 bits per heavy atom. The summed E-state index contributed by atoms with van der Waals surface area (Å²) in [5.74, 6) is -0.297. The van der Waals surface area contributed by atoms with Crippen LogP contribution in [0.3, 0.4) is 0 Å². The van der Waals surface area contributed by atoms with E-state index in [0.717, 1.165) is 35.7 Å². The average Bonchev–Trinajstić information content (AvgIpc) is 2.95. The number of aromatic amines is 1. The van der Waals surface area contributed by atoms with E-state index in [2.05, 4.69) is 10.5 Å². The van der Waals surface area contributed by atoms with Gasteiger partial charge in [0.25, 0.3) is 5.91 Å². The fourth-order valence-electron chi connectivity index (χ4n) is 2.36. The number of carbonyl (C=O) groups is 1. The number of hydroxylamine groups is 1. The number of para-hydroxylation sites is 1. The van der Waals surface area contributed by atoms with Crippen LogP contribution in [0.4, 0.5) is 0 Å². The Kier molecular flexibility index (Phi) is 4.33. The summed E-state index contributed by atoms with van der Waals surface area (Å²) in [5, 5.41) is 1.08. The first-order valence-electron chi connectivity index (χ1n) is 7.14. The van der Waals surface area contributed by atoms with Crippen molar-refractivity contribution < 1.29 is 14.4 Å². The highest BCUT2D eigenvalue weighted by Gasteiger charge is 2.14. The Hall–Kier alpha value is -2.11. The zero-order chi connectivity index (χ0) is 14.5. The smallest absolute Gasteiger partial charge is 0.267 e. The molecule has 1 aromatic heterocycles. The Labute approximate surface area is 122 Å². The third-order valence-corrected chi connectivity index (χ3v) is 3.46. The number of fused-ring (bicyclic) bond motifs is 1. The van der Waals surface area contributed by atoms with Crippen molar-refractivity contribution in [3.63, 3.8) is 0 Å². The molecule has 1 aromatic carbocycles. The van der Waals surface area contributed by atoms with Crippen LogP contribution in [0.5, 0.6) is 0 Å². The summed E-state index contributed by atoms with van der Waals surface area (Å²) in [5.41, 5.74) is 4.41. The highest BCUT2D eigenvalue weighted by molar-refractivity contribution is 5.95. The standard InChI is InChI=1S/C16H18N2O3/c19-15(18-21-16-7-3-4-10-20-16)9-8-12-11-17-14-6-2-1-5-13(12)14/h1-2,5-6,8-9,11,16-17H,3-4,7,10H2,(H,18,19)/b9-8+. The second-order valence-electron chi connectivity index (χ2n) is 5.00. The average molecular weight is 286 g/mol. The normalized spacial score (nSPS) is 19.1. The molecule has 2 N–H and O–H groups in total. The molecule has 2 heterocycles. The summed E-state index contributed by atoms with van der Waals surface area (Å²) < 4.78 is 5.37. The summed E-state index contributed by atoms with van der Waals surface area (Å²) in [6.45, 7) is 0.686. The van der Waals surface area contributed by atoms with Gasteiger partial charge in [0.05, 0.1) is 0 Å². The first-order valence-corrected chi connectivity index (χ1v) is 7.14. The molecular formula is C16H18N2O3. The molecule has 1 unspecified atom stereocenters. The van der Waals surface area contributed by atoms with Gasteiger partial charge in [-0.2, -0.15) is 0 Å². The van der Waals surface area contributed by atoms with Gasteiger partial charge in [0, 0.05) is 36.2 Å². The molecule has 5 heteroatoms. The lowest BCUT2D eigenvalue weighted by Gasteiger charge is -2.21. The molecule has 1 fully saturated rings. The summed E-state index contributed by atoms with van der Waals surface area (Å²) in [6.07, 6.45) is 7.69. The Bertz CT molecular complexity index is 642. The number of rotatable bonds is 4. The van der Waals surface area contributed by atoms with Crippen molar-refractivity contribution in [2.75, 3.05) is 6.61 Å². The molecule has 2 aromatic rings. The topological polar surface area (TPSA) is 63.4 Å². The minimum Gasteiger partial charge on any atom is -0.361 e. The van der Waals surface area contributed by atoms with E-state index in [1.165, 1.54) is 6.08 Å². The van der Waals surface area contributed by atoms with Gasteiger partial charge in [-0.3, -0.25) is 4.79 Å². The summed E-state index contributed by atoms with van der Waals surface area (Å²) >= 11 is 0. The number of amides is 1. The van der Waals surface area contributed by atoms with E-state index in [9.17, 15) is 4.79 Å². The molecular weight excluding hydrogens is 268 g/mol. The molecule has 3 rings (SSSR count). The maximum atomic E-state index is 11.7. The molecule has 1 aliphatic rings. The van der Waals surface area contributed by atoms with E-state index in [1.54, 1.807) is 6.08 Å². The molecule has 0 spiro atoms. The van der Waals surface area contributed by atoms with Gasteiger partial charge in [0.15, 0.2) is 6.29 Å². The van der Waals surface area contributed by atoms with Gasteiger partial charge in [-0.1, -0.05) is 18.2 Å². The SMILES string of the molecule is O=C(/C=C/c1c[nH]c2ccccc12)NOC1CCCCO1. The van der Waals surface area contributed by atoms with Gasteiger partial charge < -0.3 is 9.72 Å². The Balaban J connectivity index is 1.56. The third-order valence-electron chi connectivity index (χ3n) is 3.46. The predicted octanol–water partition coefficient (Wildman–Crippen LogP) is 2.76. The van der Waals surface area contributed by atoms with Crippen molar-refractivity contribution in [3.05, 3.63) is 42.1 Å². The molecule has 21 heavy (non-hydrogen) atoms. The number of ether oxygens (including phenoxy) is 1. The van der Waals surface area contributed by atoms with Crippen LogP contribution in [0, 0.1) is 0 Å². The van der Waals surface area contributed by atoms with Crippen LogP contribution < -0.4 is 5.48 Å². The molecule has 110 valence electrons. The summed E-state index contributed by atoms with van der Waals surface area (Å²) in [6, 6.07) is 7.94. The van der Waals surface area contributed by atoms with Crippen molar-refractivity contribution in [2.24, 2.45) is 0 Å². The summed E-state index contributed by atoms with van der Waals surface area (Å²) in [7, 11) is 0. The van der Waals surface area contributed by atoms with Gasteiger partial charge in [0.1, 0.15) is 0 Å². The van der Waals surface area contributed by atoms with Crippen LogP contribution in [0.1, 0.15) is 24.8 Å². The van der Waals surface area contributed by atoms with Crippen molar-refractivity contribution >= 4 is 22.9 Å². The number of aromatic nitrogens is 1. The number of carbonyl (C=O) groups excluding carboxylic acids is 1. The molecule has 1 aliphatic heterocycles. The molecule has 0 saturated carbocycles. The van der Waals surface area contributed by atoms with Crippen LogP contribution in [0.15, 0.2) is 36.5 Å². The van der Waals surface area contributed by atoms with Crippen LogP contribution in [-0.4, -0.2) is 23.8 Å². The van der Waals surface area contributed by atoms with E-state index < -0.39 is 0 Å².